The number of rotatable bonds is 9. The Hall–Kier alpha value is -2.57. The SMILES string of the molecule is C[C@H](NC(=O)C1(NCCOc2ccccc2)CC2(CCC2)C1)c1ccc(C(=O)O)cc1.Cl. The smallest absolute Gasteiger partial charge is 0.335 e. The highest BCUT2D eigenvalue weighted by Gasteiger charge is 2.60. The zero-order chi connectivity index (χ0) is 21.9. The zero-order valence-corrected chi connectivity index (χ0v) is 19.1. The van der Waals surface area contributed by atoms with Crippen LogP contribution in [0.3, 0.4) is 0 Å². The molecule has 172 valence electrons. The number of hydrogen-bond acceptors (Lipinski definition) is 4. The topological polar surface area (TPSA) is 87.7 Å². The van der Waals surface area contributed by atoms with Crippen LogP contribution in [0.1, 0.15) is 61.0 Å². The van der Waals surface area contributed by atoms with Crippen molar-refractivity contribution >= 4 is 24.3 Å². The maximum atomic E-state index is 13.3. The molecule has 2 aromatic carbocycles. The van der Waals surface area contributed by atoms with Crippen molar-refractivity contribution in [3.8, 4) is 5.75 Å². The van der Waals surface area contributed by atoms with Gasteiger partial charge in [0.15, 0.2) is 0 Å². The molecule has 2 fully saturated rings. The van der Waals surface area contributed by atoms with E-state index in [-0.39, 0.29) is 29.9 Å². The van der Waals surface area contributed by atoms with E-state index in [2.05, 4.69) is 10.6 Å². The predicted molar refractivity (Wildman–Crippen MR) is 125 cm³/mol. The summed E-state index contributed by atoms with van der Waals surface area (Å²) in [7, 11) is 0. The van der Waals surface area contributed by atoms with Crippen LogP contribution in [0.5, 0.6) is 5.75 Å². The molecule has 7 heteroatoms. The number of carboxylic acid groups (broad SMARTS) is 1. The van der Waals surface area contributed by atoms with Crippen molar-refractivity contribution in [2.24, 2.45) is 5.41 Å². The first-order chi connectivity index (χ1) is 14.9. The van der Waals surface area contributed by atoms with E-state index in [9.17, 15) is 9.59 Å². The summed E-state index contributed by atoms with van der Waals surface area (Å²) in [5, 5.41) is 15.7. The number of halogens is 1. The third-order valence-electron chi connectivity index (χ3n) is 6.79. The summed E-state index contributed by atoms with van der Waals surface area (Å²) in [6.07, 6.45) is 5.39. The molecule has 2 aromatic rings. The van der Waals surface area contributed by atoms with Crippen LogP contribution in [0, 0.1) is 5.41 Å². The Bertz CT molecular complexity index is 921. The lowest BCUT2D eigenvalue weighted by Gasteiger charge is -2.60. The van der Waals surface area contributed by atoms with Gasteiger partial charge in [-0.3, -0.25) is 10.1 Å². The molecule has 32 heavy (non-hydrogen) atoms. The molecule has 0 bridgehead atoms. The van der Waals surface area contributed by atoms with Crippen molar-refractivity contribution in [3.05, 3.63) is 65.7 Å². The minimum absolute atomic E-state index is 0. The minimum Gasteiger partial charge on any atom is -0.492 e. The van der Waals surface area contributed by atoms with Crippen LogP contribution < -0.4 is 15.4 Å². The Labute approximate surface area is 195 Å². The molecule has 2 aliphatic rings. The molecule has 0 saturated heterocycles. The van der Waals surface area contributed by atoms with E-state index in [1.807, 2.05) is 37.3 Å². The second-order valence-electron chi connectivity index (χ2n) is 9.00. The number of nitrogens with one attached hydrogen (secondary N) is 2. The highest BCUT2D eigenvalue weighted by atomic mass is 35.5. The van der Waals surface area contributed by atoms with Gasteiger partial charge in [-0.25, -0.2) is 4.79 Å². The average Bonchev–Trinajstić information content (AvgIpc) is 2.72. The molecular weight excluding hydrogens is 428 g/mol. The Morgan fingerprint density at radius 3 is 2.28 bits per heavy atom. The van der Waals surface area contributed by atoms with Crippen LogP contribution in [0.2, 0.25) is 0 Å². The van der Waals surface area contributed by atoms with E-state index in [0.717, 1.165) is 24.2 Å². The van der Waals surface area contributed by atoms with E-state index >= 15 is 0 Å². The van der Waals surface area contributed by atoms with E-state index in [0.29, 0.717) is 18.6 Å². The molecule has 0 unspecified atom stereocenters. The standard InChI is InChI=1S/C25H30N2O4.ClH/c1-18(19-8-10-20(11-9-19)22(28)29)27-23(30)25(16-24(17-25)12-5-13-24)26-14-15-31-21-6-3-2-4-7-21;/h2-4,6-11,18,26H,5,12-17H2,1H3,(H,27,30)(H,28,29);1H/t18-;/m0./s1. The fourth-order valence-corrected chi connectivity index (χ4v) is 4.93. The number of aromatic carboxylic acids is 1. The molecule has 1 amide bonds. The number of carbonyl (C=O) groups is 2. The number of carbonyl (C=O) groups excluding carboxylic acids is 1. The monoisotopic (exact) mass is 458 g/mol. The number of benzene rings is 2. The summed E-state index contributed by atoms with van der Waals surface area (Å²) < 4.78 is 5.78. The molecule has 4 rings (SSSR count). The molecule has 0 aromatic heterocycles. The number of para-hydroxylation sites is 1. The molecule has 0 radical (unpaired) electrons. The molecule has 3 N–H and O–H groups in total. The van der Waals surface area contributed by atoms with Crippen LogP contribution in [-0.4, -0.2) is 35.7 Å². The Morgan fingerprint density at radius 1 is 1.06 bits per heavy atom. The number of ether oxygens (including phenoxy) is 1. The third kappa shape index (κ3) is 5.08. The first-order valence-corrected chi connectivity index (χ1v) is 11.0. The highest BCUT2D eigenvalue weighted by molar-refractivity contribution is 5.89. The average molecular weight is 459 g/mol. The first-order valence-electron chi connectivity index (χ1n) is 11.0. The van der Waals surface area contributed by atoms with Gasteiger partial charge in [0.2, 0.25) is 5.91 Å². The number of carboxylic acids is 1. The van der Waals surface area contributed by atoms with Gasteiger partial charge >= 0.3 is 5.97 Å². The molecule has 6 nitrogen and oxygen atoms in total. The van der Waals surface area contributed by atoms with Crippen LogP contribution in [-0.2, 0) is 4.79 Å². The molecule has 1 atom stereocenters. The van der Waals surface area contributed by atoms with Crippen LogP contribution in [0.25, 0.3) is 0 Å². The van der Waals surface area contributed by atoms with E-state index < -0.39 is 11.5 Å². The highest BCUT2D eigenvalue weighted by Crippen LogP contribution is 2.60. The van der Waals surface area contributed by atoms with E-state index in [4.69, 9.17) is 9.84 Å². The summed E-state index contributed by atoms with van der Waals surface area (Å²) in [4.78, 5) is 24.3. The first kappa shape index (κ1) is 24.1. The van der Waals surface area contributed by atoms with Crippen LogP contribution in [0.15, 0.2) is 54.6 Å². The fourth-order valence-electron chi connectivity index (χ4n) is 4.93. The van der Waals surface area contributed by atoms with Gasteiger partial charge in [-0.05, 0) is 67.9 Å². The summed E-state index contributed by atoms with van der Waals surface area (Å²) in [6.45, 7) is 3.02. The van der Waals surface area contributed by atoms with Gasteiger partial charge in [0.05, 0.1) is 17.1 Å². The second-order valence-corrected chi connectivity index (χ2v) is 9.00. The van der Waals surface area contributed by atoms with E-state index in [1.54, 1.807) is 24.3 Å². The second kappa shape index (κ2) is 9.92. The van der Waals surface area contributed by atoms with Gasteiger partial charge in [-0.15, -0.1) is 12.4 Å². The van der Waals surface area contributed by atoms with Crippen molar-refractivity contribution in [2.75, 3.05) is 13.2 Å². The van der Waals surface area contributed by atoms with Gasteiger partial charge in [0.25, 0.3) is 0 Å². The fraction of sp³-hybridized carbons (Fsp3) is 0.440. The number of amides is 1. The number of hydrogen-bond donors (Lipinski definition) is 3. The van der Waals surface area contributed by atoms with Crippen molar-refractivity contribution in [1.29, 1.82) is 0 Å². The lowest BCUT2D eigenvalue weighted by molar-refractivity contribution is -0.145. The maximum Gasteiger partial charge on any atom is 0.335 e. The van der Waals surface area contributed by atoms with Gasteiger partial charge in [0.1, 0.15) is 12.4 Å². The lowest BCUT2D eigenvalue weighted by Crippen LogP contribution is -2.69. The zero-order valence-electron chi connectivity index (χ0n) is 18.3. The van der Waals surface area contributed by atoms with Crippen molar-refractivity contribution in [3.63, 3.8) is 0 Å². The Morgan fingerprint density at radius 2 is 1.72 bits per heavy atom. The summed E-state index contributed by atoms with van der Waals surface area (Å²) in [5.41, 5.74) is 0.899. The molecule has 2 saturated carbocycles. The summed E-state index contributed by atoms with van der Waals surface area (Å²) >= 11 is 0. The summed E-state index contributed by atoms with van der Waals surface area (Å²) in [6, 6.07) is 16.1. The maximum absolute atomic E-state index is 13.3. The molecule has 0 heterocycles. The van der Waals surface area contributed by atoms with Gasteiger partial charge < -0.3 is 15.2 Å². The van der Waals surface area contributed by atoms with Crippen LogP contribution in [0.4, 0.5) is 0 Å². The largest absolute Gasteiger partial charge is 0.492 e. The van der Waals surface area contributed by atoms with Gasteiger partial charge in [0, 0.05) is 6.54 Å². The molecular formula is C25H31ClN2O4. The van der Waals surface area contributed by atoms with Crippen molar-refractivity contribution in [2.45, 2.75) is 50.6 Å². The molecule has 2 aliphatic carbocycles. The summed E-state index contributed by atoms with van der Waals surface area (Å²) in [5.74, 6) is -0.116. The lowest BCUT2D eigenvalue weighted by atomic mass is 9.48. The molecule has 1 spiro atoms. The van der Waals surface area contributed by atoms with Crippen molar-refractivity contribution in [1.82, 2.24) is 10.6 Å². The predicted octanol–water partition coefficient (Wildman–Crippen LogP) is 4.36. The Balaban J connectivity index is 0.00000289. The van der Waals surface area contributed by atoms with Crippen molar-refractivity contribution < 1.29 is 19.4 Å². The van der Waals surface area contributed by atoms with Gasteiger partial charge in [-0.1, -0.05) is 36.8 Å². The van der Waals surface area contributed by atoms with Gasteiger partial charge in [-0.2, -0.15) is 0 Å². The van der Waals surface area contributed by atoms with Crippen LogP contribution >= 0.6 is 12.4 Å². The molecule has 0 aliphatic heterocycles. The van der Waals surface area contributed by atoms with E-state index in [1.165, 1.54) is 19.3 Å². The minimum atomic E-state index is -0.954. The Kier molecular flexibility index (Phi) is 7.47. The third-order valence-corrected chi connectivity index (χ3v) is 6.79. The quantitative estimate of drug-likeness (QED) is 0.486. The normalized spacial score (nSPS) is 18.4.